The van der Waals surface area contributed by atoms with Crippen molar-refractivity contribution in [3.63, 3.8) is 0 Å². The summed E-state index contributed by atoms with van der Waals surface area (Å²) in [5, 5.41) is 9.62. The van der Waals surface area contributed by atoms with E-state index in [1.165, 1.54) is 0 Å². The molecule has 2 fully saturated rings. The number of rotatable bonds is 4. The summed E-state index contributed by atoms with van der Waals surface area (Å²) in [6.07, 6.45) is -16.3. The summed E-state index contributed by atoms with van der Waals surface area (Å²) < 4.78 is 128. The van der Waals surface area contributed by atoms with Crippen molar-refractivity contribution in [2.75, 3.05) is 0 Å². The highest BCUT2D eigenvalue weighted by Gasteiger charge is 2.71. The summed E-state index contributed by atoms with van der Waals surface area (Å²) in [5.74, 6) is -0.749. The number of carbonyl (C=O) groups excluding carboxylic acids is 1. The Bertz CT molecular complexity index is 1210. The normalized spacial score (nSPS) is 25.2. The predicted molar refractivity (Wildman–Crippen MR) is 102 cm³/mol. The fraction of sp³-hybridized carbons (Fsp3) is 0.381. The van der Waals surface area contributed by atoms with Crippen LogP contribution in [0.5, 0.6) is 0 Å². The Morgan fingerprint density at radius 2 is 1.29 bits per heavy atom. The molecule has 1 heterocycles. The van der Waals surface area contributed by atoms with Gasteiger partial charge in [-0.2, -0.15) is 26.3 Å². The van der Waals surface area contributed by atoms with E-state index in [0.29, 0.717) is 12.1 Å². The standard InChI is InChI=1S/C21H15F7O6S/c22-13-5-7-14(8-6-13)35(31,32)18(9-15-16(10-18)34-17(29)33-15)11-1-3-12(4-2-11)19(30,20(23,24)25)21(26,27)28/h1-8,15-16,30H,9-10H2. The summed E-state index contributed by atoms with van der Waals surface area (Å²) in [4.78, 5) is 11.0. The van der Waals surface area contributed by atoms with Crippen LogP contribution in [0.4, 0.5) is 35.5 Å². The Morgan fingerprint density at radius 1 is 0.829 bits per heavy atom. The number of fused-ring (bicyclic) bond motifs is 1. The molecule has 2 unspecified atom stereocenters. The van der Waals surface area contributed by atoms with Crippen molar-refractivity contribution in [2.45, 2.75) is 52.6 Å². The SMILES string of the molecule is O=C1OC2CC(c3ccc(C(O)(C(F)(F)F)C(F)(F)F)cc3)(S(=O)(=O)c3ccc(F)cc3)CC2O1. The summed E-state index contributed by atoms with van der Waals surface area (Å²) in [7, 11) is -4.48. The largest absolute Gasteiger partial charge is 0.509 e. The van der Waals surface area contributed by atoms with E-state index in [2.05, 4.69) is 0 Å². The summed E-state index contributed by atoms with van der Waals surface area (Å²) in [6.45, 7) is 0. The Kier molecular flexibility index (Phi) is 5.63. The number of carbonyl (C=O) groups is 1. The van der Waals surface area contributed by atoms with E-state index in [-0.39, 0.29) is 10.5 Å². The van der Waals surface area contributed by atoms with Gasteiger partial charge in [-0.3, -0.25) is 0 Å². The molecule has 0 bridgehead atoms. The predicted octanol–water partition coefficient (Wildman–Crippen LogP) is 4.50. The molecule has 1 saturated carbocycles. The van der Waals surface area contributed by atoms with E-state index < -0.39 is 75.1 Å². The zero-order valence-corrected chi connectivity index (χ0v) is 18.0. The van der Waals surface area contributed by atoms with E-state index in [4.69, 9.17) is 9.47 Å². The Hall–Kier alpha value is -2.87. The number of hydrogen-bond acceptors (Lipinski definition) is 6. The molecule has 0 aromatic heterocycles. The average molecular weight is 528 g/mol. The van der Waals surface area contributed by atoms with Gasteiger partial charge < -0.3 is 14.6 Å². The lowest BCUT2D eigenvalue weighted by atomic mass is 9.88. The molecule has 1 N–H and O–H groups in total. The van der Waals surface area contributed by atoms with Gasteiger partial charge in [-0.1, -0.05) is 24.3 Å². The van der Waals surface area contributed by atoms with Crippen molar-refractivity contribution in [2.24, 2.45) is 0 Å². The third kappa shape index (κ3) is 3.73. The van der Waals surface area contributed by atoms with Gasteiger partial charge in [0.15, 0.2) is 9.84 Å². The lowest BCUT2D eigenvalue weighted by Gasteiger charge is -2.34. The van der Waals surface area contributed by atoms with Crippen molar-refractivity contribution in [3.8, 4) is 0 Å². The van der Waals surface area contributed by atoms with Crippen LogP contribution in [0.1, 0.15) is 24.0 Å². The molecule has 190 valence electrons. The molecule has 6 nitrogen and oxygen atoms in total. The molecular weight excluding hydrogens is 513 g/mol. The van der Waals surface area contributed by atoms with Gasteiger partial charge in [0.1, 0.15) is 22.8 Å². The van der Waals surface area contributed by atoms with Crippen LogP contribution in [0.3, 0.4) is 0 Å². The number of aliphatic hydroxyl groups is 1. The molecule has 1 aliphatic carbocycles. The molecular formula is C21H15F7O6S. The monoisotopic (exact) mass is 528 g/mol. The first-order valence-electron chi connectivity index (χ1n) is 9.87. The number of hydrogen-bond donors (Lipinski definition) is 1. The van der Waals surface area contributed by atoms with Crippen LogP contribution >= 0.6 is 0 Å². The first kappa shape index (κ1) is 25.2. The Morgan fingerprint density at radius 3 is 1.71 bits per heavy atom. The number of sulfone groups is 1. The molecule has 2 aliphatic rings. The van der Waals surface area contributed by atoms with Crippen molar-refractivity contribution in [1.82, 2.24) is 0 Å². The summed E-state index contributed by atoms with van der Waals surface area (Å²) in [6, 6.07) is 5.75. The van der Waals surface area contributed by atoms with Gasteiger partial charge in [-0.05, 0) is 29.8 Å². The van der Waals surface area contributed by atoms with E-state index in [1.807, 2.05) is 0 Å². The van der Waals surface area contributed by atoms with Crippen LogP contribution in [0.2, 0.25) is 0 Å². The smallest absolute Gasteiger partial charge is 0.427 e. The van der Waals surface area contributed by atoms with Crippen molar-refractivity contribution >= 4 is 16.0 Å². The van der Waals surface area contributed by atoms with Gasteiger partial charge in [0.25, 0.3) is 5.60 Å². The first-order chi connectivity index (χ1) is 16.0. The van der Waals surface area contributed by atoms with Gasteiger partial charge in [-0.15, -0.1) is 0 Å². The van der Waals surface area contributed by atoms with Gasteiger partial charge in [0, 0.05) is 18.4 Å². The second-order valence-corrected chi connectivity index (χ2v) is 10.5. The lowest BCUT2D eigenvalue weighted by Crippen LogP contribution is -2.53. The second-order valence-electron chi connectivity index (χ2n) is 8.21. The number of alkyl halides is 6. The van der Waals surface area contributed by atoms with Crippen LogP contribution in [-0.4, -0.2) is 44.2 Å². The number of halogens is 7. The van der Waals surface area contributed by atoms with Crippen LogP contribution in [0, 0.1) is 5.82 Å². The Balaban J connectivity index is 1.84. The summed E-state index contributed by atoms with van der Waals surface area (Å²) >= 11 is 0. The minimum Gasteiger partial charge on any atom is -0.427 e. The van der Waals surface area contributed by atoms with Gasteiger partial charge in [0.2, 0.25) is 0 Å². The topological polar surface area (TPSA) is 89.9 Å². The molecule has 0 spiro atoms. The fourth-order valence-corrected chi connectivity index (χ4v) is 6.62. The van der Waals surface area contributed by atoms with Crippen LogP contribution in [0.25, 0.3) is 0 Å². The zero-order chi connectivity index (χ0) is 26.0. The molecule has 4 rings (SSSR count). The minimum atomic E-state index is -6.13. The maximum atomic E-state index is 13.7. The third-order valence-corrected chi connectivity index (χ3v) is 8.75. The molecule has 2 atom stereocenters. The van der Waals surface area contributed by atoms with Crippen molar-refractivity contribution < 1.29 is 58.5 Å². The highest BCUT2D eigenvalue weighted by Crippen LogP contribution is 2.53. The molecule has 0 amide bonds. The molecule has 0 radical (unpaired) electrons. The average Bonchev–Trinajstić information content (AvgIpc) is 3.27. The highest BCUT2D eigenvalue weighted by molar-refractivity contribution is 7.92. The number of benzene rings is 2. The van der Waals surface area contributed by atoms with Gasteiger partial charge >= 0.3 is 18.5 Å². The third-order valence-electron chi connectivity index (χ3n) is 6.26. The maximum absolute atomic E-state index is 13.7. The van der Waals surface area contributed by atoms with Gasteiger partial charge in [0.05, 0.1) is 4.90 Å². The zero-order valence-electron chi connectivity index (χ0n) is 17.2. The summed E-state index contributed by atoms with van der Waals surface area (Å²) in [5.41, 5.74) is -7.01. The molecule has 35 heavy (non-hydrogen) atoms. The second kappa shape index (κ2) is 7.82. The van der Waals surface area contributed by atoms with Crippen molar-refractivity contribution in [3.05, 3.63) is 65.5 Å². The maximum Gasteiger partial charge on any atom is 0.509 e. The minimum absolute atomic E-state index is 0.230. The molecule has 2 aromatic rings. The van der Waals surface area contributed by atoms with Gasteiger partial charge in [-0.25, -0.2) is 17.6 Å². The molecule has 1 aliphatic heterocycles. The van der Waals surface area contributed by atoms with Crippen LogP contribution in [-0.2, 0) is 29.7 Å². The quantitative estimate of drug-likeness (QED) is 0.357. The van der Waals surface area contributed by atoms with E-state index in [9.17, 15) is 49.1 Å². The van der Waals surface area contributed by atoms with Crippen molar-refractivity contribution in [1.29, 1.82) is 0 Å². The molecule has 1 saturated heterocycles. The molecule has 14 heteroatoms. The Labute approximate surface area is 193 Å². The van der Waals surface area contributed by atoms with Crippen LogP contribution < -0.4 is 0 Å². The highest BCUT2D eigenvalue weighted by atomic mass is 32.2. The fourth-order valence-electron chi connectivity index (χ4n) is 4.46. The van der Waals surface area contributed by atoms with E-state index in [0.717, 1.165) is 36.4 Å². The number of ether oxygens (including phenoxy) is 2. The van der Waals surface area contributed by atoms with Crippen LogP contribution in [0.15, 0.2) is 53.4 Å². The van der Waals surface area contributed by atoms with E-state index >= 15 is 0 Å². The van der Waals surface area contributed by atoms with E-state index in [1.54, 1.807) is 0 Å². The molecule has 2 aromatic carbocycles. The first-order valence-corrected chi connectivity index (χ1v) is 11.4. The lowest BCUT2D eigenvalue weighted by molar-refractivity contribution is -0.376.